The standard InChI is InChI=1S/C19H15Cl3N2OS/c1-2-9-24-18(25)17(10-12-3-4-14(21)11-16(12)22)26-19(24)23-15-7-5-13(20)6-8-15/h3-8,10-11H,2,9H2,1H3/b17-10-,23-19?. The van der Waals surface area contributed by atoms with Crippen molar-refractivity contribution < 1.29 is 4.79 Å². The lowest BCUT2D eigenvalue weighted by atomic mass is 10.2. The Morgan fingerprint density at radius 2 is 1.77 bits per heavy atom. The highest BCUT2D eigenvalue weighted by atomic mass is 35.5. The highest BCUT2D eigenvalue weighted by molar-refractivity contribution is 8.18. The van der Waals surface area contributed by atoms with Crippen LogP contribution in [0.1, 0.15) is 18.9 Å². The number of nitrogens with zero attached hydrogens (tertiary/aromatic N) is 2. The third kappa shape index (κ3) is 4.44. The highest BCUT2D eigenvalue weighted by Crippen LogP contribution is 2.35. The van der Waals surface area contributed by atoms with Gasteiger partial charge in [0, 0.05) is 21.6 Å². The summed E-state index contributed by atoms with van der Waals surface area (Å²) in [6, 6.07) is 12.4. The van der Waals surface area contributed by atoms with Crippen LogP contribution in [0.4, 0.5) is 5.69 Å². The number of carbonyl (C=O) groups excluding carboxylic acids is 1. The van der Waals surface area contributed by atoms with E-state index in [1.165, 1.54) is 11.8 Å². The van der Waals surface area contributed by atoms with Crippen molar-refractivity contribution in [3.63, 3.8) is 0 Å². The van der Waals surface area contributed by atoms with E-state index in [2.05, 4.69) is 4.99 Å². The van der Waals surface area contributed by atoms with Gasteiger partial charge in [-0.2, -0.15) is 0 Å². The third-order valence-electron chi connectivity index (χ3n) is 3.64. The highest BCUT2D eigenvalue weighted by Gasteiger charge is 2.32. The summed E-state index contributed by atoms with van der Waals surface area (Å²) in [5.74, 6) is -0.0735. The van der Waals surface area contributed by atoms with E-state index in [1.807, 2.05) is 19.1 Å². The minimum absolute atomic E-state index is 0.0735. The summed E-state index contributed by atoms with van der Waals surface area (Å²) in [5, 5.41) is 2.35. The van der Waals surface area contributed by atoms with Crippen LogP contribution in [0, 0.1) is 0 Å². The Bertz CT molecular complexity index is 894. The van der Waals surface area contributed by atoms with E-state index in [1.54, 1.807) is 41.3 Å². The molecule has 1 fully saturated rings. The summed E-state index contributed by atoms with van der Waals surface area (Å²) in [6.45, 7) is 2.62. The maximum absolute atomic E-state index is 12.8. The van der Waals surface area contributed by atoms with Gasteiger partial charge < -0.3 is 0 Å². The molecule has 0 bridgehead atoms. The van der Waals surface area contributed by atoms with Crippen LogP contribution in [0.15, 0.2) is 52.4 Å². The first kappa shape index (κ1) is 19.3. The van der Waals surface area contributed by atoms with E-state index in [9.17, 15) is 4.79 Å². The molecule has 134 valence electrons. The fourth-order valence-corrected chi connectivity index (χ4v) is 4.00. The largest absolute Gasteiger partial charge is 0.286 e. The molecule has 2 aromatic carbocycles. The lowest BCUT2D eigenvalue weighted by Crippen LogP contribution is -2.29. The van der Waals surface area contributed by atoms with Crippen molar-refractivity contribution in [1.82, 2.24) is 4.90 Å². The lowest BCUT2D eigenvalue weighted by Gasteiger charge is -2.13. The van der Waals surface area contributed by atoms with Crippen LogP contribution in [-0.2, 0) is 4.79 Å². The van der Waals surface area contributed by atoms with Crippen LogP contribution in [-0.4, -0.2) is 22.5 Å². The SMILES string of the molecule is CCCN1C(=O)/C(=C/c2ccc(Cl)cc2Cl)SC1=Nc1ccc(Cl)cc1. The Balaban J connectivity index is 1.95. The monoisotopic (exact) mass is 424 g/mol. The molecular weight excluding hydrogens is 411 g/mol. The zero-order valence-electron chi connectivity index (χ0n) is 13.9. The maximum atomic E-state index is 12.8. The molecule has 0 unspecified atom stereocenters. The van der Waals surface area contributed by atoms with Gasteiger partial charge in [-0.15, -0.1) is 0 Å². The number of carbonyl (C=O) groups is 1. The van der Waals surface area contributed by atoms with Crippen LogP contribution >= 0.6 is 46.6 Å². The van der Waals surface area contributed by atoms with Crippen LogP contribution in [0.2, 0.25) is 15.1 Å². The third-order valence-corrected chi connectivity index (χ3v) is 5.46. The number of amidine groups is 1. The van der Waals surface area contributed by atoms with E-state index >= 15 is 0 Å². The Morgan fingerprint density at radius 3 is 2.42 bits per heavy atom. The fraction of sp³-hybridized carbons (Fsp3) is 0.158. The van der Waals surface area contributed by atoms with Crippen molar-refractivity contribution in [2.75, 3.05) is 6.54 Å². The molecule has 0 aromatic heterocycles. The molecule has 1 heterocycles. The van der Waals surface area contributed by atoms with Gasteiger partial charge in [-0.1, -0.05) is 47.8 Å². The molecule has 0 aliphatic carbocycles. The quantitative estimate of drug-likeness (QED) is 0.513. The Morgan fingerprint density at radius 1 is 1.08 bits per heavy atom. The van der Waals surface area contributed by atoms with Crippen molar-refractivity contribution in [1.29, 1.82) is 0 Å². The number of hydrogen-bond acceptors (Lipinski definition) is 3. The summed E-state index contributed by atoms with van der Waals surface area (Å²) < 4.78 is 0. The van der Waals surface area contributed by atoms with Gasteiger partial charge >= 0.3 is 0 Å². The van der Waals surface area contributed by atoms with E-state index in [4.69, 9.17) is 34.8 Å². The first-order valence-electron chi connectivity index (χ1n) is 7.98. The Hall–Kier alpha value is -1.46. The van der Waals surface area contributed by atoms with E-state index in [-0.39, 0.29) is 5.91 Å². The summed E-state index contributed by atoms with van der Waals surface area (Å²) in [7, 11) is 0. The number of benzene rings is 2. The van der Waals surface area contributed by atoms with Crippen LogP contribution < -0.4 is 0 Å². The molecule has 0 spiro atoms. The van der Waals surface area contributed by atoms with Crippen LogP contribution in [0.25, 0.3) is 6.08 Å². The molecule has 1 amide bonds. The number of amides is 1. The van der Waals surface area contributed by atoms with Gasteiger partial charge in [0.2, 0.25) is 0 Å². The van der Waals surface area contributed by atoms with Gasteiger partial charge in [-0.3, -0.25) is 9.69 Å². The van der Waals surface area contributed by atoms with E-state index in [0.717, 1.165) is 17.7 Å². The average molecular weight is 426 g/mol. The van der Waals surface area contributed by atoms with Gasteiger partial charge in [0.05, 0.1) is 10.6 Å². The molecule has 3 nitrogen and oxygen atoms in total. The zero-order chi connectivity index (χ0) is 18.7. The second kappa shape index (κ2) is 8.49. The van der Waals surface area contributed by atoms with Gasteiger partial charge in [0.25, 0.3) is 5.91 Å². The fourth-order valence-electron chi connectivity index (χ4n) is 2.40. The van der Waals surface area contributed by atoms with Gasteiger partial charge in [0.15, 0.2) is 5.17 Å². The molecule has 0 atom stereocenters. The summed E-state index contributed by atoms with van der Waals surface area (Å²) >= 11 is 19.4. The van der Waals surface area contributed by atoms with Crippen molar-refractivity contribution >= 4 is 69.4 Å². The van der Waals surface area contributed by atoms with Gasteiger partial charge in [-0.25, -0.2) is 4.99 Å². The predicted octanol–water partition coefficient (Wildman–Crippen LogP) is 6.66. The van der Waals surface area contributed by atoms with Crippen molar-refractivity contribution in [3.8, 4) is 0 Å². The normalized spacial score (nSPS) is 17.5. The number of hydrogen-bond donors (Lipinski definition) is 0. The second-order valence-corrected chi connectivity index (χ2v) is 7.89. The van der Waals surface area contributed by atoms with Gasteiger partial charge in [0.1, 0.15) is 0 Å². The van der Waals surface area contributed by atoms with Crippen molar-refractivity contribution in [2.45, 2.75) is 13.3 Å². The molecule has 2 aromatic rings. The second-order valence-electron chi connectivity index (χ2n) is 5.60. The number of halogens is 3. The minimum Gasteiger partial charge on any atom is -0.286 e. The smallest absolute Gasteiger partial charge is 0.266 e. The molecule has 1 aliphatic rings. The topological polar surface area (TPSA) is 32.7 Å². The van der Waals surface area contributed by atoms with Crippen LogP contribution in [0.3, 0.4) is 0 Å². The van der Waals surface area contributed by atoms with Crippen molar-refractivity contribution in [2.24, 2.45) is 4.99 Å². The molecule has 1 saturated heterocycles. The van der Waals surface area contributed by atoms with E-state index in [0.29, 0.717) is 31.7 Å². The first-order valence-corrected chi connectivity index (χ1v) is 9.93. The van der Waals surface area contributed by atoms with E-state index < -0.39 is 0 Å². The molecule has 0 radical (unpaired) electrons. The number of aliphatic imine (C=N–C) groups is 1. The number of rotatable bonds is 4. The maximum Gasteiger partial charge on any atom is 0.266 e. The molecule has 0 N–H and O–H groups in total. The summed E-state index contributed by atoms with van der Waals surface area (Å²) in [4.78, 5) is 19.7. The zero-order valence-corrected chi connectivity index (χ0v) is 17.0. The number of thioether (sulfide) groups is 1. The Labute approximate surface area is 171 Å². The minimum atomic E-state index is -0.0735. The average Bonchev–Trinajstić information content (AvgIpc) is 2.89. The summed E-state index contributed by atoms with van der Waals surface area (Å²) in [5.41, 5.74) is 1.49. The molecule has 7 heteroatoms. The molecule has 26 heavy (non-hydrogen) atoms. The van der Waals surface area contributed by atoms with Crippen LogP contribution in [0.5, 0.6) is 0 Å². The molecule has 1 aliphatic heterocycles. The molecule has 3 rings (SSSR count). The first-order chi connectivity index (χ1) is 12.5. The van der Waals surface area contributed by atoms with Gasteiger partial charge in [-0.05, 0) is 66.2 Å². The predicted molar refractivity (Wildman–Crippen MR) is 113 cm³/mol. The lowest BCUT2D eigenvalue weighted by molar-refractivity contribution is -0.122. The Kier molecular flexibility index (Phi) is 6.30. The summed E-state index contributed by atoms with van der Waals surface area (Å²) in [6.07, 6.45) is 2.61. The van der Waals surface area contributed by atoms with Crippen molar-refractivity contribution in [3.05, 3.63) is 68.0 Å². The molecule has 0 saturated carbocycles. The molecular formula is C19H15Cl3N2OS.